The first-order chi connectivity index (χ1) is 15.5. The Hall–Kier alpha value is -3.00. The molecule has 32 heavy (non-hydrogen) atoms. The van der Waals surface area contributed by atoms with Crippen molar-refractivity contribution in [3.63, 3.8) is 0 Å². The SMILES string of the molecule is CCONc1ncnc2c1c(C#Cc1ccccc1)cn2[C@@H]1OC(CO)C(O)[C@@]1(C)OC. The molecule has 0 radical (unpaired) electrons. The van der Waals surface area contributed by atoms with Gasteiger partial charge < -0.3 is 24.3 Å². The molecule has 4 rings (SSSR count). The number of aliphatic hydroxyl groups is 2. The van der Waals surface area contributed by atoms with Crippen LogP contribution in [0.3, 0.4) is 0 Å². The van der Waals surface area contributed by atoms with E-state index in [4.69, 9.17) is 14.3 Å². The monoisotopic (exact) mass is 438 g/mol. The van der Waals surface area contributed by atoms with Gasteiger partial charge in [-0.15, -0.1) is 0 Å². The lowest BCUT2D eigenvalue weighted by Crippen LogP contribution is -2.46. The maximum absolute atomic E-state index is 10.7. The number of hydrogen-bond donors (Lipinski definition) is 3. The molecular formula is C23H26N4O5. The first kappa shape index (κ1) is 22.2. The lowest BCUT2D eigenvalue weighted by atomic mass is 9.96. The second-order valence-electron chi connectivity index (χ2n) is 7.56. The van der Waals surface area contributed by atoms with Gasteiger partial charge in [0.1, 0.15) is 29.8 Å². The van der Waals surface area contributed by atoms with Gasteiger partial charge in [0.25, 0.3) is 0 Å². The maximum atomic E-state index is 10.7. The summed E-state index contributed by atoms with van der Waals surface area (Å²) in [4.78, 5) is 14.1. The first-order valence-corrected chi connectivity index (χ1v) is 10.3. The fourth-order valence-corrected chi connectivity index (χ4v) is 3.83. The van der Waals surface area contributed by atoms with Gasteiger partial charge in [-0.25, -0.2) is 15.4 Å². The molecule has 3 N–H and O–H groups in total. The van der Waals surface area contributed by atoms with Gasteiger partial charge in [-0.1, -0.05) is 30.0 Å². The number of aliphatic hydroxyl groups excluding tert-OH is 2. The molecule has 168 valence electrons. The molecule has 0 amide bonds. The number of nitrogens with one attached hydrogen (secondary N) is 1. The van der Waals surface area contributed by atoms with Crippen molar-refractivity contribution in [2.75, 3.05) is 25.8 Å². The van der Waals surface area contributed by atoms with Gasteiger partial charge in [0.2, 0.25) is 0 Å². The van der Waals surface area contributed by atoms with Crippen LogP contribution in [-0.4, -0.2) is 62.9 Å². The fraction of sp³-hybridized carbons (Fsp3) is 0.391. The second kappa shape index (κ2) is 9.24. The third kappa shape index (κ3) is 3.83. The van der Waals surface area contributed by atoms with Gasteiger partial charge in [-0.3, -0.25) is 4.84 Å². The first-order valence-electron chi connectivity index (χ1n) is 10.3. The van der Waals surface area contributed by atoms with Crippen LogP contribution in [-0.2, 0) is 14.3 Å². The topological polar surface area (TPSA) is 111 Å². The lowest BCUT2D eigenvalue weighted by molar-refractivity contribution is -0.118. The summed E-state index contributed by atoms with van der Waals surface area (Å²) >= 11 is 0. The molecule has 0 saturated carbocycles. The van der Waals surface area contributed by atoms with Crippen molar-refractivity contribution in [3.8, 4) is 11.8 Å². The van der Waals surface area contributed by atoms with E-state index in [2.05, 4.69) is 27.3 Å². The number of rotatable bonds is 6. The summed E-state index contributed by atoms with van der Waals surface area (Å²) < 4.78 is 13.4. The third-order valence-electron chi connectivity index (χ3n) is 5.64. The van der Waals surface area contributed by atoms with Gasteiger partial charge in [-0.2, -0.15) is 0 Å². The molecule has 9 nitrogen and oxygen atoms in total. The molecule has 2 aromatic heterocycles. The molecule has 2 unspecified atom stereocenters. The van der Waals surface area contributed by atoms with E-state index in [1.54, 1.807) is 17.7 Å². The van der Waals surface area contributed by atoms with E-state index in [1.807, 2.05) is 37.3 Å². The highest BCUT2D eigenvalue weighted by Crippen LogP contribution is 2.43. The summed E-state index contributed by atoms with van der Waals surface area (Å²) in [5.41, 5.74) is 3.76. The molecule has 1 aromatic carbocycles. The minimum Gasteiger partial charge on any atom is -0.394 e. The van der Waals surface area contributed by atoms with E-state index in [9.17, 15) is 10.2 Å². The minimum atomic E-state index is -1.12. The average molecular weight is 438 g/mol. The molecule has 1 aliphatic rings. The highest BCUT2D eigenvalue weighted by atomic mass is 16.6. The summed E-state index contributed by atoms with van der Waals surface area (Å²) in [5.74, 6) is 6.81. The van der Waals surface area contributed by atoms with Crippen LogP contribution in [0.2, 0.25) is 0 Å². The quantitative estimate of drug-likeness (QED) is 0.395. The van der Waals surface area contributed by atoms with E-state index < -0.39 is 24.0 Å². The van der Waals surface area contributed by atoms with Gasteiger partial charge in [0.15, 0.2) is 12.0 Å². The predicted molar refractivity (Wildman–Crippen MR) is 118 cm³/mol. The molecule has 1 aliphatic heterocycles. The van der Waals surface area contributed by atoms with Crippen molar-refractivity contribution in [2.45, 2.75) is 37.9 Å². The van der Waals surface area contributed by atoms with E-state index in [0.717, 1.165) is 5.56 Å². The maximum Gasteiger partial charge on any atom is 0.167 e. The number of methoxy groups -OCH3 is 1. The van der Waals surface area contributed by atoms with Gasteiger partial charge >= 0.3 is 0 Å². The summed E-state index contributed by atoms with van der Waals surface area (Å²) in [6.07, 6.45) is 0.601. The summed E-state index contributed by atoms with van der Waals surface area (Å²) in [7, 11) is 1.50. The molecule has 3 aromatic rings. The Balaban J connectivity index is 1.88. The smallest absolute Gasteiger partial charge is 0.167 e. The molecule has 4 atom stereocenters. The fourth-order valence-electron chi connectivity index (χ4n) is 3.83. The van der Waals surface area contributed by atoms with Crippen LogP contribution in [0.5, 0.6) is 0 Å². The van der Waals surface area contributed by atoms with Crippen molar-refractivity contribution < 1.29 is 24.5 Å². The second-order valence-corrected chi connectivity index (χ2v) is 7.56. The highest BCUT2D eigenvalue weighted by molar-refractivity contribution is 5.93. The Morgan fingerprint density at radius 3 is 2.72 bits per heavy atom. The molecular weight excluding hydrogens is 412 g/mol. The Morgan fingerprint density at radius 1 is 1.25 bits per heavy atom. The zero-order chi connectivity index (χ0) is 22.7. The molecule has 0 spiro atoms. The van der Waals surface area contributed by atoms with Crippen LogP contribution < -0.4 is 5.48 Å². The molecule has 1 saturated heterocycles. The number of ether oxygens (including phenoxy) is 2. The van der Waals surface area contributed by atoms with Crippen molar-refractivity contribution in [2.24, 2.45) is 0 Å². The Morgan fingerprint density at radius 2 is 2.03 bits per heavy atom. The van der Waals surface area contributed by atoms with Crippen LogP contribution in [0.25, 0.3) is 11.0 Å². The van der Waals surface area contributed by atoms with Crippen LogP contribution >= 0.6 is 0 Å². The Labute approximate surface area is 185 Å². The Bertz CT molecular complexity index is 1140. The van der Waals surface area contributed by atoms with Crippen molar-refractivity contribution in [1.29, 1.82) is 0 Å². The number of anilines is 1. The number of hydrogen-bond acceptors (Lipinski definition) is 8. The van der Waals surface area contributed by atoms with Crippen molar-refractivity contribution in [3.05, 3.63) is 54.0 Å². The van der Waals surface area contributed by atoms with E-state index in [1.165, 1.54) is 13.4 Å². The summed E-state index contributed by atoms with van der Waals surface area (Å²) in [6.45, 7) is 3.69. The lowest BCUT2D eigenvalue weighted by Gasteiger charge is -2.31. The minimum absolute atomic E-state index is 0.345. The summed E-state index contributed by atoms with van der Waals surface area (Å²) in [6, 6.07) is 9.62. The van der Waals surface area contributed by atoms with Crippen molar-refractivity contribution in [1.82, 2.24) is 14.5 Å². The van der Waals surface area contributed by atoms with Gasteiger partial charge in [0, 0.05) is 18.9 Å². The Kier molecular flexibility index (Phi) is 6.41. The van der Waals surface area contributed by atoms with E-state index in [0.29, 0.717) is 29.0 Å². The molecule has 3 heterocycles. The van der Waals surface area contributed by atoms with Crippen LogP contribution in [0.1, 0.15) is 31.2 Å². The highest BCUT2D eigenvalue weighted by Gasteiger charge is 2.54. The van der Waals surface area contributed by atoms with Crippen molar-refractivity contribution >= 4 is 16.9 Å². The van der Waals surface area contributed by atoms with E-state index >= 15 is 0 Å². The number of fused-ring (bicyclic) bond motifs is 1. The molecule has 0 aliphatic carbocycles. The van der Waals surface area contributed by atoms with E-state index in [-0.39, 0.29) is 6.61 Å². The molecule has 9 heteroatoms. The van der Waals surface area contributed by atoms with Gasteiger partial charge in [-0.05, 0) is 26.0 Å². The normalized spacial score (nSPS) is 25.0. The standard InChI is InChI=1S/C23H26N4O5/c1-4-31-26-20-18-16(11-10-15-8-6-5-7-9-15)12-27(21(18)25-14-24-20)22-23(2,30-3)19(29)17(13-28)32-22/h5-9,12,14,17,19,22,28-29H,4,13H2,1-3H3,(H,24,25,26)/t17?,19?,22-,23-/m1/s1. The van der Waals surface area contributed by atoms with Crippen LogP contribution in [0.4, 0.5) is 5.82 Å². The number of aromatic nitrogens is 3. The predicted octanol–water partition coefficient (Wildman–Crippen LogP) is 1.85. The molecule has 0 bridgehead atoms. The number of nitrogens with zero attached hydrogens (tertiary/aromatic N) is 3. The zero-order valence-corrected chi connectivity index (χ0v) is 18.1. The average Bonchev–Trinajstić information content (AvgIpc) is 3.32. The number of benzene rings is 1. The largest absolute Gasteiger partial charge is 0.394 e. The van der Waals surface area contributed by atoms with Gasteiger partial charge in [0.05, 0.1) is 24.2 Å². The zero-order valence-electron chi connectivity index (χ0n) is 18.1. The van der Waals surface area contributed by atoms with Crippen LogP contribution in [0, 0.1) is 11.8 Å². The molecule has 1 fully saturated rings. The third-order valence-corrected chi connectivity index (χ3v) is 5.64. The summed E-state index contributed by atoms with van der Waals surface area (Å²) in [5, 5.41) is 21.0. The van der Waals surface area contributed by atoms with Crippen LogP contribution in [0.15, 0.2) is 42.9 Å².